The molecule has 1 aromatic rings. The summed E-state index contributed by atoms with van der Waals surface area (Å²) in [7, 11) is 0. The summed E-state index contributed by atoms with van der Waals surface area (Å²) in [5.41, 5.74) is 1.12. The molecule has 1 aliphatic rings. The molecule has 6 heteroatoms. The van der Waals surface area contributed by atoms with Crippen molar-refractivity contribution in [1.82, 2.24) is 5.32 Å². The maximum absolute atomic E-state index is 11.2. The Bertz CT molecular complexity index is 545. The van der Waals surface area contributed by atoms with Gasteiger partial charge in [0.05, 0.1) is 16.6 Å². The minimum atomic E-state index is -0.374. The van der Waals surface area contributed by atoms with Crippen molar-refractivity contribution < 1.29 is 4.92 Å². The van der Waals surface area contributed by atoms with E-state index in [4.69, 9.17) is 5.26 Å². The third-order valence-electron chi connectivity index (χ3n) is 3.94. The fourth-order valence-electron chi connectivity index (χ4n) is 2.73. The number of nitro benzene ring substituents is 1. The highest BCUT2D eigenvalue weighted by molar-refractivity contribution is 5.66. The molecule has 2 rings (SSSR count). The molecule has 1 fully saturated rings. The smallest absolute Gasteiger partial charge is 0.292 e. The summed E-state index contributed by atoms with van der Waals surface area (Å²) in [6.07, 6.45) is 2.03. The van der Waals surface area contributed by atoms with E-state index in [1.54, 1.807) is 6.07 Å². The van der Waals surface area contributed by atoms with Crippen molar-refractivity contribution >= 4 is 11.4 Å². The van der Waals surface area contributed by atoms with Gasteiger partial charge in [-0.15, -0.1) is 0 Å². The number of benzene rings is 1. The first-order valence-corrected chi connectivity index (χ1v) is 7.30. The van der Waals surface area contributed by atoms with Crippen molar-refractivity contribution in [3.8, 4) is 6.07 Å². The van der Waals surface area contributed by atoms with Crippen LogP contribution in [0.2, 0.25) is 0 Å². The number of nitrogens with one attached hydrogen (secondary N) is 1. The van der Waals surface area contributed by atoms with E-state index in [0.29, 0.717) is 17.2 Å². The Morgan fingerprint density at radius 2 is 2.19 bits per heavy atom. The molecule has 0 amide bonds. The number of nitrogens with zero attached hydrogens (tertiary/aromatic N) is 3. The molecular formula is C15H20N4O2. The van der Waals surface area contributed by atoms with Crippen molar-refractivity contribution in [2.75, 3.05) is 31.1 Å². The normalized spacial score (nSPS) is 15.7. The average molecular weight is 288 g/mol. The average Bonchev–Trinajstić information content (AvgIpc) is 2.52. The predicted octanol–water partition coefficient (Wildman–Crippen LogP) is 2.29. The zero-order valence-electron chi connectivity index (χ0n) is 12.2. The van der Waals surface area contributed by atoms with E-state index in [1.165, 1.54) is 12.1 Å². The Morgan fingerprint density at radius 3 is 2.76 bits per heavy atom. The topological polar surface area (TPSA) is 82.2 Å². The summed E-state index contributed by atoms with van der Waals surface area (Å²) < 4.78 is 0. The lowest BCUT2D eigenvalue weighted by Crippen LogP contribution is -2.37. The zero-order valence-corrected chi connectivity index (χ0v) is 12.2. The van der Waals surface area contributed by atoms with Gasteiger partial charge in [-0.3, -0.25) is 10.1 Å². The first-order chi connectivity index (χ1) is 10.2. The van der Waals surface area contributed by atoms with Crippen LogP contribution in [0, 0.1) is 27.4 Å². The minimum Gasteiger partial charge on any atom is -0.366 e. The van der Waals surface area contributed by atoms with Gasteiger partial charge in [-0.25, -0.2) is 0 Å². The van der Waals surface area contributed by atoms with Gasteiger partial charge in [-0.05, 0) is 44.0 Å². The number of anilines is 1. The molecule has 1 heterocycles. The summed E-state index contributed by atoms with van der Waals surface area (Å²) >= 11 is 0. The number of nitro groups is 1. The second-order valence-corrected chi connectivity index (χ2v) is 5.31. The van der Waals surface area contributed by atoms with Gasteiger partial charge in [-0.1, -0.05) is 6.92 Å². The molecule has 1 N–H and O–H groups in total. The Balaban J connectivity index is 2.12. The van der Waals surface area contributed by atoms with Crippen LogP contribution in [-0.2, 0) is 0 Å². The molecule has 0 aromatic heterocycles. The summed E-state index contributed by atoms with van der Waals surface area (Å²) in [4.78, 5) is 12.8. The molecule has 0 spiro atoms. The number of hydrogen-bond donors (Lipinski definition) is 1. The standard InChI is InChI=1S/C15H20N4O2/c1-2-17-11-12-5-7-18(8-6-12)15-9-13(10-16)3-4-14(15)19(20)21/h3-4,9,12,17H,2,5-8,11H2,1H3. The fraction of sp³-hybridized carbons (Fsp3) is 0.533. The Kier molecular flexibility index (Phi) is 5.12. The van der Waals surface area contributed by atoms with Gasteiger partial charge in [0, 0.05) is 19.2 Å². The van der Waals surface area contributed by atoms with Crippen LogP contribution >= 0.6 is 0 Å². The van der Waals surface area contributed by atoms with Crippen LogP contribution in [-0.4, -0.2) is 31.1 Å². The van der Waals surface area contributed by atoms with Gasteiger partial charge < -0.3 is 10.2 Å². The maximum atomic E-state index is 11.2. The third kappa shape index (κ3) is 3.70. The molecule has 1 aromatic carbocycles. The van der Waals surface area contributed by atoms with Crippen molar-refractivity contribution in [2.45, 2.75) is 19.8 Å². The first kappa shape index (κ1) is 15.3. The minimum absolute atomic E-state index is 0.0825. The number of nitriles is 1. The Labute approximate surface area is 124 Å². The van der Waals surface area contributed by atoms with Crippen LogP contribution in [0.4, 0.5) is 11.4 Å². The quantitative estimate of drug-likeness (QED) is 0.664. The number of piperidine rings is 1. The van der Waals surface area contributed by atoms with Gasteiger partial charge in [0.2, 0.25) is 0 Å². The second kappa shape index (κ2) is 7.04. The van der Waals surface area contributed by atoms with Crippen molar-refractivity contribution in [3.05, 3.63) is 33.9 Å². The van der Waals surface area contributed by atoms with Crippen molar-refractivity contribution in [2.24, 2.45) is 5.92 Å². The SMILES string of the molecule is CCNCC1CCN(c2cc(C#N)ccc2[N+](=O)[O-])CC1. The van der Waals surface area contributed by atoms with E-state index < -0.39 is 0 Å². The van der Waals surface area contributed by atoms with Crippen molar-refractivity contribution in [1.29, 1.82) is 5.26 Å². The van der Waals surface area contributed by atoms with E-state index in [2.05, 4.69) is 18.3 Å². The highest BCUT2D eigenvalue weighted by Gasteiger charge is 2.24. The lowest BCUT2D eigenvalue weighted by molar-refractivity contribution is -0.384. The number of hydrogen-bond acceptors (Lipinski definition) is 5. The molecule has 0 radical (unpaired) electrons. The molecule has 112 valence electrons. The summed E-state index contributed by atoms with van der Waals surface area (Å²) in [6, 6.07) is 6.61. The predicted molar refractivity (Wildman–Crippen MR) is 81.3 cm³/mol. The molecule has 1 aliphatic heterocycles. The summed E-state index contributed by atoms with van der Waals surface area (Å²) in [6.45, 7) is 5.66. The van der Waals surface area contributed by atoms with Crippen LogP contribution in [0.5, 0.6) is 0 Å². The van der Waals surface area contributed by atoms with E-state index in [1.807, 2.05) is 4.90 Å². The molecule has 0 saturated carbocycles. The van der Waals surface area contributed by atoms with Gasteiger partial charge in [0.1, 0.15) is 5.69 Å². The van der Waals surface area contributed by atoms with Crippen LogP contribution < -0.4 is 10.2 Å². The first-order valence-electron chi connectivity index (χ1n) is 7.30. The molecule has 0 aliphatic carbocycles. The Morgan fingerprint density at radius 1 is 1.48 bits per heavy atom. The van der Waals surface area contributed by atoms with E-state index >= 15 is 0 Å². The fourth-order valence-corrected chi connectivity index (χ4v) is 2.73. The largest absolute Gasteiger partial charge is 0.366 e. The van der Waals surface area contributed by atoms with Gasteiger partial charge in [0.25, 0.3) is 5.69 Å². The highest BCUT2D eigenvalue weighted by Crippen LogP contribution is 2.32. The molecule has 6 nitrogen and oxygen atoms in total. The highest BCUT2D eigenvalue weighted by atomic mass is 16.6. The van der Waals surface area contributed by atoms with Crippen molar-refractivity contribution in [3.63, 3.8) is 0 Å². The third-order valence-corrected chi connectivity index (χ3v) is 3.94. The molecule has 0 bridgehead atoms. The van der Waals surface area contributed by atoms with E-state index in [9.17, 15) is 10.1 Å². The van der Waals surface area contributed by atoms with Crippen LogP contribution in [0.1, 0.15) is 25.3 Å². The molecule has 1 saturated heterocycles. The van der Waals surface area contributed by atoms with Crippen LogP contribution in [0.25, 0.3) is 0 Å². The molecular weight excluding hydrogens is 268 g/mol. The monoisotopic (exact) mass is 288 g/mol. The maximum Gasteiger partial charge on any atom is 0.292 e. The van der Waals surface area contributed by atoms with Gasteiger partial charge in [-0.2, -0.15) is 5.26 Å². The summed E-state index contributed by atoms with van der Waals surface area (Å²) in [5, 5.41) is 23.5. The lowest BCUT2D eigenvalue weighted by atomic mass is 9.96. The van der Waals surface area contributed by atoms with E-state index in [-0.39, 0.29) is 10.6 Å². The number of rotatable bonds is 5. The van der Waals surface area contributed by atoms with Crippen LogP contribution in [0.3, 0.4) is 0 Å². The van der Waals surface area contributed by atoms with E-state index in [0.717, 1.165) is 39.0 Å². The molecule has 0 unspecified atom stereocenters. The Hall–Kier alpha value is -2.13. The second-order valence-electron chi connectivity index (χ2n) is 5.31. The van der Waals surface area contributed by atoms with Gasteiger partial charge >= 0.3 is 0 Å². The van der Waals surface area contributed by atoms with Gasteiger partial charge in [0.15, 0.2) is 0 Å². The summed E-state index contributed by atoms with van der Waals surface area (Å²) in [5.74, 6) is 0.624. The molecule has 21 heavy (non-hydrogen) atoms. The van der Waals surface area contributed by atoms with Crippen LogP contribution in [0.15, 0.2) is 18.2 Å². The zero-order chi connectivity index (χ0) is 15.2. The molecule has 0 atom stereocenters. The lowest BCUT2D eigenvalue weighted by Gasteiger charge is -2.33.